The number of ether oxygens (including phenoxy) is 2. The lowest BCUT2D eigenvalue weighted by Crippen LogP contribution is -2.37. The van der Waals surface area contributed by atoms with Gasteiger partial charge < -0.3 is 14.8 Å². The van der Waals surface area contributed by atoms with Crippen LogP contribution in [0.2, 0.25) is 0 Å². The van der Waals surface area contributed by atoms with Crippen molar-refractivity contribution in [1.29, 1.82) is 5.26 Å². The monoisotopic (exact) mass is 486 g/mol. The van der Waals surface area contributed by atoms with Crippen LogP contribution in [0.15, 0.2) is 30.3 Å². The van der Waals surface area contributed by atoms with Gasteiger partial charge in [0.1, 0.15) is 40.6 Å². The summed E-state index contributed by atoms with van der Waals surface area (Å²) in [5.41, 5.74) is -1.18. The number of esters is 1. The Morgan fingerprint density at radius 3 is 2.26 bits per heavy atom. The van der Waals surface area contributed by atoms with E-state index in [1.165, 1.54) is 0 Å². The summed E-state index contributed by atoms with van der Waals surface area (Å²) < 4.78 is 53.2. The fraction of sp³-hybridized carbons (Fsp3) is 0.423. The number of benzene rings is 2. The number of Topliss-reactive ketones (excluding diaryl/α,β-unsaturated/α-hetero) is 1. The molecule has 1 unspecified atom stereocenters. The maximum Gasteiger partial charge on any atom is 0.349 e. The summed E-state index contributed by atoms with van der Waals surface area (Å²) in [6.45, 7) is 1.13. The zero-order valence-corrected chi connectivity index (χ0v) is 19.0. The van der Waals surface area contributed by atoms with Crippen LogP contribution < -0.4 is 14.8 Å². The van der Waals surface area contributed by atoms with Crippen molar-refractivity contribution in [2.75, 3.05) is 13.2 Å². The zero-order chi connectivity index (χ0) is 24.9. The van der Waals surface area contributed by atoms with E-state index in [-0.39, 0.29) is 47.3 Å². The highest BCUT2D eigenvalue weighted by molar-refractivity contribution is 5.92. The highest BCUT2D eigenvalue weighted by atomic mass is 19.1. The molecule has 2 fully saturated rings. The average Bonchev–Trinajstić information content (AvgIpc) is 3.37. The van der Waals surface area contributed by atoms with Gasteiger partial charge in [-0.2, -0.15) is 5.26 Å². The van der Waals surface area contributed by atoms with Crippen molar-refractivity contribution >= 4 is 11.8 Å². The molecule has 6 nitrogen and oxygen atoms in total. The molecular weight excluding hydrogens is 461 g/mol. The van der Waals surface area contributed by atoms with Crippen LogP contribution in [0.1, 0.15) is 54.4 Å². The molecular formula is C26H25F3N2O4. The number of carbonyl (C=O) groups is 2. The van der Waals surface area contributed by atoms with Crippen molar-refractivity contribution in [3.8, 4) is 17.6 Å². The molecule has 0 radical (unpaired) electrons. The van der Waals surface area contributed by atoms with Gasteiger partial charge >= 0.3 is 5.97 Å². The molecule has 2 aliphatic rings. The molecule has 1 atom stereocenters. The molecule has 184 valence electrons. The van der Waals surface area contributed by atoms with Crippen LogP contribution in [0.5, 0.6) is 11.5 Å². The van der Waals surface area contributed by atoms with Gasteiger partial charge in [0.05, 0.1) is 18.2 Å². The first-order valence-corrected chi connectivity index (χ1v) is 11.7. The van der Waals surface area contributed by atoms with Crippen LogP contribution in [-0.2, 0) is 4.79 Å². The van der Waals surface area contributed by atoms with Crippen molar-refractivity contribution in [1.82, 2.24) is 5.32 Å². The first-order valence-electron chi connectivity index (χ1n) is 11.7. The van der Waals surface area contributed by atoms with E-state index in [4.69, 9.17) is 14.7 Å². The molecule has 2 aromatic rings. The summed E-state index contributed by atoms with van der Waals surface area (Å²) in [6, 6.07) is 6.43. The Labute approximate surface area is 201 Å². The smallest absolute Gasteiger partial charge is 0.349 e. The quantitative estimate of drug-likeness (QED) is 0.451. The van der Waals surface area contributed by atoms with Gasteiger partial charge in [0.15, 0.2) is 5.78 Å². The second kappa shape index (κ2) is 10.9. The lowest BCUT2D eigenvalue weighted by Gasteiger charge is -2.29. The van der Waals surface area contributed by atoms with Crippen molar-refractivity contribution in [3.63, 3.8) is 0 Å². The number of halogens is 3. The molecule has 1 aliphatic carbocycles. The third-order valence-electron chi connectivity index (χ3n) is 6.63. The van der Waals surface area contributed by atoms with Crippen molar-refractivity contribution in [3.05, 3.63) is 58.9 Å². The molecule has 0 amide bonds. The summed E-state index contributed by atoms with van der Waals surface area (Å²) in [7, 11) is 0. The van der Waals surface area contributed by atoms with Crippen LogP contribution in [0, 0.1) is 40.6 Å². The SMILES string of the molecule is N#Cc1ccc(OC(=O)c2c(F)cc(OCC3CCC(C(=O)C4CCCN4)CC3)cc2F)cc1F. The molecule has 0 aromatic heterocycles. The van der Waals surface area contributed by atoms with Crippen LogP contribution >= 0.6 is 0 Å². The van der Waals surface area contributed by atoms with Gasteiger partial charge in [0.2, 0.25) is 0 Å². The van der Waals surface area contributed by atoms with E-state index in [2.05, 4.69) is 5.32 Å². The van der Waals surface area contributed by atoms with E-state index in [9.17, 15) is 22.8 Å². The Morgan fingerprint density at radius 1 is 0.971 bits per heavy atom. The molecule has 1 saturated carbocycles. The van der Waals surface area contributed by atoms with Crippen molar-refractivity contribution in [2.45, 2.75) is 44.6 Å². The molecule has 35 heavy (non-hydrogen) atoms. The largest absolute Gasteiger partial charge is 0.493 e. The normalized spacial score (nSPS) is 21.8. The molecule has 1 saturated heterocycles. The van der Waals surface area contributed by atoms with Gasteiger partial charge in [0, 0.05) is 24.1 Å². The highest BCUT2D eigenvalue weighted by Gasteiger charge is 2.32. The Morgan fingerprint density at radius 2 is 1.66 bits per heavy atom. The summed E-state index contributed by atoms with van der Waals surface area (Å²) in [5, 5.41) is 12.0. The van der Waals surface area contributed by atoms with Gasteiger partial charge in [0.25, 0.3) is 0 Å². The van der Waals surface area contributed by atoms with E-state index in [1.54, 1.807) is 6.07 Å². The van der Waals surface area contributed by atoms with Gasteiger partial charge in [-0.1, -0.05) is 0 Å². The van der Waals surface area contributed by atoms with Gasteiger partial charge in [-0.15, -0.1) is 0 Å². The number of hydrogen-bond donors (Lipinski definition) is 1. The van der Waals surface area contributed by atoms with Crippen molar-refractivity contribution < 1.29 is 32.2 Å². The van der Waals surface area contributed by atoms with Crippen molar-refractivity contribution in [2.24, 2.45) is 11.8 Å². The molecule has 0 spiro atoms. The summed E-state index contributed by atoms with van der Waals surface area (Å²) in [6.07, 6.45) is 5.05. The van der Waals surface area contributed by atoms with E-state index in [0.717, 1.165) is 75.4 Å². The minimum Gasteiger partial charge on any atom is -0.493 e. The average molecular weight is 486 g/mol. The summed E-state index contributed by atoms with van der Waals surface area (Å²) in [4.78, 5) is 24.8. The number of nitriles is 1. The maximum absolute atomic E-state index is 14.5. The lowest BCUT2D eigenvalue weighted by atomic mass is 9.78. The van der Waals surface area contributed by atoms with Gasteiger partial charge in [-0.3, -0.25) is 4.79 Å². The Bertz CT molecular complexity index is 1130. The van der Waals surface area contributed by atoms with E-state index in [1.807, 2.05) is 0 Å². The van der Waals surface area contributed by atoms with Gasteiger partial charge in [-0.05, 0) is 63.1 Å². The Balaban J connectivity index is 1.31. The summed E-state index contributed by atoms with van der Waals surface area (Å²) in [5.74, 6) is -4.44. The number of nitrogens with zero attached hydrogens (tertiary/aromatic N) is 1. The molecule has 9 heteroatoms. The molecule has 0 bridgehead atoms. The van der Waals surface area contributed by atoms with E-state index in [0.29, 0.717) is 0 Å². The zero-order valence-electron chi connectivity index (χ0n) is 19.0. The molecule has 1 N–H and O–H groups in total. The van der Waals surface area contributed by atoms with Gasteiger partial charge in [-0.25, -0.2) is 18.0 Å². The molecule has 4 rings (SSSR count). The predicted octanol–water partition coefficient (Wildman–Crippen LogP) is 4.70. The number of nitrogens with one attached hydrogen (secondary N) is 1. The standard InChI is InChI=1S/C26H25F3N2O4/c27-20-10-18(8-7-17(20)13-30)35-26(33)24-21(28)11-19(12-22(24)29)34-14-15-3-5-16(6-4-15)25(32)23-2-1-9-31-23/h7-8,10-12,15-16,23,31H,1-6,9,14H2. The maximum atomic E-state index is 14.5. The second-order valence-corrected chi connectivity index (χ2v) is 8.98. The third-order valence-corrected chi connectivity index (χ3v) is 6.63. The van der Waals surface area contributed by atoms with Crippen LogP contribution in [0.25, 0.3) is 0 Å². The number of carbonyl (C=O) groups excluding carboxylic acids is 2. The predicted molar refractivity (Wildman–Crippen MR) is 119 cm³/mol. The van der Waals surface area contributed by atoms with Crippen LogP contribution in [0.3, 0.4) is 0 Å². The summed E-state index contributed by atoms with van der Waals surface area (Å²) >= 11 is 0. The third kappa shape index (κ3) is 5.82. The fourth-order valence-electron chi connectivity index (χ4n) is 4.68. The van der Waals surface area contributed by atoms with Crippen LogP contribution in [0.4, 0.5) is 13.2 Å². The number of ketones is 1. The number of rotatable bonds is 7. The molecule has 2 aromatic carbocycles. The lowest BCUT2D eigenvalue weighted by molar-refractivity contribution is -0.125. The first-order chi connectivity index (χ1) is 16.9. The molecule has 1 aliphatic heterocycles. The highest BCUT2D eigenvalue weighted by Crippen LogP contribution is 2.32. The van der Waals surface area contributed by atoms with E-state index < -0.39 is 29.0 Å². The Hall–Kier alpha value is -3.38. The first kappa shape index (κ1) is 24.7. The second-order valence-electron chi connectivity index (χ2n) is 8.98. The van der Waals surface area contributed by atoms with Crippen LogP contribution in [-0.4, -0.2) is 30.9 Å². The molecule has 1 heterocycles. The van der Waals surface area contributed by atoms with E-state index >= 15 is 0 Å². The number of hydrogen-bond acceptors (Lipinski definition) is 6. The minimum atomic E-state index is -1.34. The Kier molecular flexibility index (Phi) is 7.71. The fourth-order valence-corrected chi connectivity index (χ4v) is 4.68. The topological polar surface area (TPSA) is 88.4 Å². The minimum absolute atomic E-state index is 0.0279.